The number of ether oxygens (including phenoxy) is 1. The Labute approximate surface area is 80.7 Å². The first kappa shape index (κ1) is 10.3. The van der Waals surface area contributed by atoms with Crippen molar-refractivity contribution >= 4 is 0 Å². The fraction of sp³-hybridized carbons (Fsp3) is 0.417. The summed E-state index contributed by atoms with van der Waals surface area (Å²) in [6.45, 7) is 6.12. The maximum absolute atomic E-state index is 5.54. The Morgan fingerprint density at radius 2 is 2.00 bits per heavy atom. The van der Waals surface area contributed by atoms with Gasteiger partial charge in [-0.15, -0.1) is 0 Å². The summed E-state index contributed by atoms with van der Waals surface area (Å²) in [5.41, 5.74) is 1.23. The van der Waals surface area contributed by atoms with Gasteiger partial charge in [0, 0.05) is 0 Å². The highest BCUT2D eigenvalue weighted by molar-refractivity contribution is 5.16. The number of hydrogen-bond donors (Lipinski definition) is 0. The molecule has 1 nitrogen and oxygen atoms in total. The van der Waals surface area contributed by atoms with E-state index in [0.29, 0.717) is 0 Å². The zero-order valence-electron chi connectivity index (χ0n) is 8.36. The summed E-state index contributed by atoms with van der Waals surface area (Å²) in [4.78, 5) is 0. The summed E-state index contributed by atoms with van der Waals surface area (Å²) < 4.78 is 5.54. The lowest BCUT2D eigenvalue weighted by Gasteiger charge is -2.11. The van der Waals surface area contributed by atoms with E-state index in [-0.39, 0.29) is 6.10 Å². The molecule has 1 heteroatoms. The molecule has 0 amide bonds. The Morgan fingerprint density at radius 3 is 2.62 bits per heavy atom. The molecule has 1 atom stereocenters. The Hall–Kier alpha value is -0.820. The van der Waals surface area contributed by atoms with Crippen molar-refractivity contribution in [3.8, 4) is 0 Å². The molecule has 1 unspecified atom stereocenters. The van der Waals surface area contributed by atoms with E-state index < -0.39 is 0 Å². The summed E-state index contributed by atoms with van der Waals surface area (Å²) >= 11 is 0. The lowest BCUT2D eigenvalue weighted by Crippen LogP contribution is -1.97. The van der Waals surface area contributed by atoms with Crippen LogP contribution < -0.4 is 0 Å². The van der Waals surface area contributed by atoms with Crippen LogP contribution in [0.25, 0.3) is 0 Å². The van der Waals surface area contributed by atoms with Crippen molar-refractivity contribution in [3.63, 3.8) is 0 Å². The van der Waals surface area contributed by atoms with E-state index in [2.05, 4.69) is 26.0 Å². The molecule has 0 saturated heterocycles. The van der Waals surface area contributed by atoms with Crippen LogP contribution in [0.2, 0.25) is 0 Å². The third-order valence-corrected chi connectivity index (χ3v) is 1.98. The Morgan fingerprint density at radius 1 is 1.31 bits per heavy atom. The largest absolute Gasteiger partial charge is 0.368 e. The van der Waals surface area contributed by atoms with Crippen LogP contribution in [0.4, 0.5) is 0 Å². The van der Waals surface area contributed by atoms with Crippen LogP contribution in [0.3, 0.4) is 0 Å². The van der Waals surface area contributed by atoms with Crippen LogP contribution >= 0.6 is 0 Å². The molecule has 0 aliphatic carbocycles. The van der Waals surface area contributed by atoms with Crippen LogP contribution in [0.1, 0.15) is 38.4 Å². The maximum atomic E-state index is 5.54. The monoisotopic (exact) mass is 177 g/mol. The lowest BCUT2D eigenvalue weighted by molar-refractivity contribution is 0.116. The van der Waals surface area contributed by atoms with Gasteiger partial charge in [-0.3, -0.25) is 0 Å². The van der Waals surface area contributed by atoms with Gasteiger partial charge in [0.05, 0.1) is 12.7 Å². The molecule has 0 bridgehead atoms. The molecule has 13 heavy (non-hydrogen) atoms. The highest BCUT2D eigenvalue weighted by Crippen LogP contribution is 2.17. The van der Waals surface area contributed by atoms with Crippen LogP contribution in [-0.4, -0.2) is 0 Å². The van der Waals surface area contributed by atoms with Crippen molar-refractivity contribution in [3.05, 3.63) is 42.5 Å². The molecule has 0 aliphatic rings. The van der Waals surface area contributed by atoms with Crippen LogP contribution in [0, 0.1) is 6.61 Å². The second-order valence-corrected chi connectivity index (χ2v) is 3.14. The number of unbranched alkanes of at least 4 members (excludes halogenated alkanes) is 1. The molecule has 1 rings (SSSR count). The molecule has 1 aromatic rings. The number of hydrogen-bond acceptors (Lipinski definition) is 1. The van der Waals surface area contributed by atoms with E-state index in [1.807, 2.05) is 24.8 Å². The fourth-order valence-corrected chi connectivity index (χ4v) is 1.13. The molecule has 0 fully saturated rings. The minimum Gasteiger partial charge on any atom is -0.368 e. The number of benzene rings is 1. The second kappa shape index (κ2) is 5.76. The van der Waals surface area contributed by atoms with Crippen molar-refractivity contribution in [1.82, 2.24) is 0 Å². The summed E-state index contributed by atoms with van der Waals surface area (Å²) in [5.74, 6) is 0. The zero-order chi connectivity index (χ0) is 9.52. The molecule has 0 saturated carbocycles. The summed E-state index contributed by atoms with van der Waals surface area (Å²) in [6.07, 6.45) is 2.34. The van der Waals surface area contributed by atoms with E-state index in [0.717, 1.165) is 12.8 Å². The van der Waals surface area contributed by atoms with Crippen molar-refractivity contribution in [2.24, 2.45) is 0 Å². The SMILES string of the molecule is CCC[CH]OC(C)c1ccccc1. The van der Waals surface area contributed by atoms with E-state index in [1.54, 1.807) is 0 Å². The smallest absolute Gasteiger partial charge is 0.0845 e. The standard InChI is InChI=1S/C12H17O/c1-3-4-10-13-11(2)12-8-6-5-7-9-12/h5-11H,3-4H2,1-2H3. The van der Waals surface area contributed by atoms with Gasteiger partial charge in [-0.1, -0.05) is 43.7 Å². The Kier molecular flexibility index (Phi) is 4.55. The van der Waals surface area contributed by atoms with Crippen molar-refractivity contribution in [1.29, 1.82) is 0 Å². The van der Waals surface area contributed by atoms with Crippen molar-refractivity contribution < 1.29 is 4.74 Å². The van der Waals surface area contributed by atoms with Gasteiger partial charge in [0.15, 0.2) is 0 Å². The van der Waals surface area contributed by atoms with Gasteiger partial charge < -0.3 is 4.74 Å². The summed E-state index contributed by atoms with van der Waals surface area (Å²) in [7, 11) is 0. The van der Waals surface area contributed by atoms with E-state index in [4.69, 9.17) is 4.74 Å². The fourth-order valence-electron chi connectivity index (χ4n) is 1.13. The van der Waals surface area contributed by atoms with Crippen molar-refractivity contribution in [2.75, 3.05) is 0 Å². The second-order valence-electron chi connectivity index (χ2n) is 3.14. The van der Waals surface area contributed by atoms with Crippen LogP contribution in [0.15, 0.2) is 30.3 Å². The van der Waals surface area contributed by atoms with Crippen LogP contribution in [-0.2, 0) is 4.74 Å². The normalized spacial score (nSPS) is 12.8. The predicted molar refractivity (Wildman–Crippen MR) is 55.2 cm³/mol. The van der Waals surface area contributed by atoms with Crippen LogP contribution in [0.5, 0.6) is 0 Å². The molecule has 1 aromatic carbocycles. The summed E-state index contributed by atoms with van der Waals surface area (Å²) in [5, 5.41) is 0. The molecular formula is C12H17O. The third kappa shape index (κ3) is 3.60. The van der Waals surface area contributed by atoms with Gasteiger partial charge in [0.25, 0.3) is 0 Å². The lowest BCUT2D eigenvalue weighted by atomic mass is 10.1. The average Bonchev–Trinajstić information content (AvgIpc) is 2.19. The first-order valence-corrected chi connectivity index (χ1v) is 4.86. The molecule has 0 aromatic heterocycles. The molecule has 1 radical (unpaired) electrons. The van der Waals surface area contributed by atoms with Gasteiger partial charge >= 0.3 is 0 Å². The molecule has 71 valence electrons. The minimum absolute atomic E-state index is 0.174. The van der Waals surface area contributed by atoms with Crippen molar-refractivity contribution in [2.45, 2.75) is 32.8 Å². The van der Waals surface area contributed by atoms with Gasteiger partial charge in [0.1, 0.15) is 0 Å². The Balaban J connectivity index is 2.35. The van der Waals surface area contributed by atoms with E-state index in [1.165, 1.54) is 5.56 Å². The van der Waals surface area contributed by atoms with Gasteiger partial charge in [-0.05, 0) is 18.9 Å². The molecule has 0 N–H and O–H groups in total. The van der Waals surface area contributed by atoms with Gasteiger partial charge in [-0.2, -0.15) is 0 Å². The van der Waals surface area contributed by atoms with Gasteiger partial charge in [0.2, 0.25) is 0 Å². The third-order valence-electron chi connectivity index (χ3n) is 1.98. The highest BCUT2D eigenvalue weighted by Gasteiger charge is 2.03. The van der Waals surface area contributed by atoms with E-state index in [9.17, 15) is 0 Å². The minimum atomic E-state index is 0.174. The average molecular weight is 177 g/mol. The topological polar surface area (TPSA) is 9.23 Å². The Bertz CT molecular complexity index is 218. The molecule has 0 aliphatic heterocycles. The van der Waals surface area contributed by atoms with E-state index >= 15 is 0 Å². The predicted octanol–water partition coefficient (Wildman–Crippen LogP) is 3.73. The molecular weight excluding hydrogens is 160 g/mol. The quantitative estimate of drug-likeness (QED) is 0.623. The number of rotatable bonds is 5. The summed E-state index contributed by atoms with van der Waals surface area (Å²) in [6, 6.07) is 10.3. The first-order valence-electron chi connectivity index (χ1n) is 4.86. The first-order chi connectivity index (χ1) is 6.34. The molecule has 0 heterocycles. The van der Waals surface area contributed by atoms with Gasteiger partial charge in [-0.25, -0.2) is 0 Å². The highest BCUT2D eigenvalue weighted by atomic mass is 16.5. The maximum Gasteiger partial charge on any atom is 0.0845 e. The molecule has 0 spiro atoms. The zero-order valence-corrected chi connectivity index (χ0v) is 8.36.